The molecule has 0 N–H and O–H groups in total. The highest BCUT2D eigenvalue weighted by Gasteiger charge is 2.33. The van der Waals surface area contributed by atoms with E-state index in [4.69, 9.17) is 0 Å². The van der Waals surface area contributed by atoms with E-state index in [1.54, 1.807) is 13.0 Å². The van der Waals surface area contributed by atoms with Gasteiger partial charge in [0.15, 0.2) is 0 Å². The fourth-order valence-electron chi connectivity index (χ4n) is 6.67. The highest BCUT2D eigenvalue weighted by Crippen LogP contribution is 2.46. The third-order valence-corrected chi connectivity index (χ3v) is 8.93. The lowest BCUT2D eigenvalue weighted by molar-refractivity contribution is -0.117. The van der Waals surface area contributed by atoms with Crippen molar-refractivity contribution < 1.29 is 9.18 Å². The maximum atomic E-state index is 14.8. The van der Waals surface area contributed by atoms with Crippen LogP contribution in [0.25, 0.3) is 11.1 Å². The summed E-state index contributed by atoms with van der Waals surface area (Å²) in [7, 11) is 0. The molecule has 2 heteroatoms. The molecule has 41 heavy (non-hydrogen) atoms. The number of ketones is 1. The third-order valence-electron chi connectivity index (χ3n) is 8.93. The summed E-state index contributed by atoms with van der Waals surface area (Å²) in [5.41, 5.74) is 7.27. The van der Waals surface area contributed by atoms with Crippen LogP contribution in [0.2, 0.25) is 0 Å². The monoisotopic (exact) mass is 556 g/mol. The largest absolute Gasteiger partial charge is 0.300 e. The van der Waals surface area contributed by atoms with Gasteiger partial charge in [-0.25, -0.2) is 4.39 Å². The molecule has 0 amide bonds. The summed E-state index contributed by atoms with van der Waals surface area (Å²) < 4.78 is 14.8. The zero-order valence-electron chi connectivity index (χ0n) is 26.7. The van der Waals surface area contributed by atoms with Crippen molar-refractivity contribution in [3.63, 3.8) is 0 Å². The van der Waals surface area contributed by atoms with Crippen molar-refractivity contribution in [2.45, 2.75) is 118 Å². The minimum Gasteiger partial charge on any atom is -0.300 e. The van der Waals surface area contributed by atoms with Crippen LogP contribution in [0, 0.1) is 17.2 Å². The molecule has 1 aliphatic carbocycles. The first-order valence-corrected chi connectivity index (χ1v) is 16.1. The SMILES string of the molecule is CC(=O)CC(c1ccccc1)C1CC1.CCCc1ccc(-c2cc(CC)ccc2F)c(C(CC)C(C)(C)CCC)c1. The predicted octanol–water partition coefficient (Wildman–Crippen LogP) is 11.5. The molecule has 3 aromatic carbocycles. The minimum absolute atomic E-state index is 0.111. The van der Waals surface area contributed by atoms with Gasteiger partial charge in [-0.2, -0.15) is 0 Å². The van der Waals surface area contributed by atoms with Crippen molar-refractivity contribution in [1.29, 1.82) is 0 Å². The summed E-state index contributed by atoms with van der Waals surface area (Å²) in [6, 6.07) is 22.8. The van der Waals surface area contributed by atoms with Gasteiger partial charge < -0.3 is 4.79 Å². The Labute approximate surface area is 250 Å². The van der Waals surface area contributed by atoms with Gasteiger partial charge in [-0.1, -0.05) is 109 Å². The van der Waals surface area contributed by atoms with Crippen molar-refractivity contribution >= 4 is 5.78 Å². The van der Waals surface area contributed by atoms with E-state index in [0.29, 0.717) is 24.0 Å². The van der Waals surface area contributed by atoms with Crippen molar-refractivity contribution in [2.75, 3.05) is 0 Å². The Morgan fingerprint density at radius 2 is 1.56 bits per heavy atom. The quantitative estimate of drug-likeness (QED) is 0.205. The van der Waals surface area contributed by atoms with Crippen LogP contribution in [0.4, 0.5) is 4.39 Å². The second-order valence-corrected chi connectivity index (χ2v) is 12.8. The smallest absolute Gasteiger partial charge is 0.131 e. The zero-order chi connectivity index (χ0) is 30.0. The van der Waals surface area contributed by atoms with Gasteiger partial charge in [-0.15, -0.1) is 0 Å². The minimum atomic E-state index is -0.111. The van der Waals surface area contributed by atoms with Crippen LogP contribution in [0.3, 0.4) is 0 Å². The first kappa shape index (κ1) is 32.8. The molecule has 3 aromatic rings. The number of aryl methyl sites for hydroxylation is 2. The van der Waals surface area contributed by atoms with Crippen LogP contribution in [0.15, 0.2) is 66.7 Å². The van der Waals surface area contributed by atoms with Gasteiger partial charge in [0.05, 0.1) is 0 Å². The van der Waals surface area contributed by atoms with Crippen molar-refractivity contribution in [1.82, 2.24) is 0 Å². The predicted molar refractivity (Wildman–Crippen MR) is 174 cm³/mol. The Hall–Kier alpha value is -2.74. The molecule has 0 spiro atoms. The fraction of sp³-hybridized carbons (Fsp3) is 0.513. The Kier molecular flexibility index (Phi) is 12.4. The van der Waals surface area contributed by atoms with Crippen molar-refractivity contribution in [2.24, 2.45) is 11.3 Å². The van der Waals surface area contributed by atoms with Gasteiger partial charge >= 0.3 is 0 Å². The molecule has 0 aliphatic heterocycles. The lowest BCUT2D eigenvalue weighted by Crippen LogP contribution is -2.22. The van der Waals surface area contributed by atoms with E-state index in [-0.39, 0.29) is 11.2 Å². The van der Waals surface area contributed by atoms with Crippen LogP contribution in [-0.2, 0) is 17.6 Å². The molecular weight excluding hydrogens is 503 g/mol. The van der Waals surface area contributed by atoms with E-state index < -0.39 is 0 Å². The Morgan fingerprint density at radius 1 is 0.878 bits per heavy atom. The molecule has 0 radical (unpaired) electrons. The molecule has 0 aromatic heterocycles. The topological polar surface area (TPSA) is 17.1 Å². The highest BCUT2D eigenvalue weighted by atomic mass is 19.1. The van der Waals surface area contributed by atoms with Gasteiger partial charge in [0.25, 0.3) is 0 Å². The summed E-state index contributed by atoms with van der Waals surface area (Å²) in [4.78, 5) is 11.2. The van der Waals surface area contributed by atoms with Crippen LogP contribution in [0.1, 0.15) is 128 Å². The van der Waals surface area contributed by atoms with E-state index in [1.165, 1.54) is 47.9 Å². The molecule has 0 saturated heterocycles. The van der Waals surface area contributed by atoms with E-state index in [2.05, 4.69) is 84.0 Å². The average molecular weight is 557 g/mol. The van der Waals surface area contributed by atoms with Gasteiger partial charge in [-0.3, -0.25) is 0 Å². The second-order valence-electron chi connectivity index (χ2n) is 12.8. The summed E-state index contributed by atoms with van der Waals surface area (Å²) in [6.07, 6.45) is 9.88. The average Bonchev–Trinajstić information content (AvgIpc) is 3.79. The lowest BCUT2D eigenvalue weighted by atomic mass is 9.69. The van der Waals surface area contributed by atoms with Gasteiger partial charge in [0, 0.05) is 12.0 Å². The van der Waals surface area contributed by atoms with Gasteiger partial charge in [0.1, 0.15) is 11.6 Å². The Bertz CT molecular complexity index is 1240. The number of rotatable bonds is 13. The van der Waals surface area contributed by atoms with E-state index in [0.717, 1.165) is 42.7 Å². The van der Waals surface area contributed by atoms with Gasteiger partial charge in [0.2, 0.25) is 0 Å². The number of hydrogen-bond acceptors (Lipinski definition) is 1. The first-order valence-electron chi connectivity index (χ1n) is 16.1. The molecule has 1 saturated carbocycles. The Balaban J connectivity index is 0.000000275. The van der Waals surface area contributed by atoms with Crippen LogP contribution in [-0.4, -0.2) is 5.78 Å². The van der Waals surface area contributed by atoms with Crippen molar-refractivity contribution in [3.8, 4) is 11.1 Å². The van der Waals surface area contributed by atoms with E-state index in [1.807, 2.05) is 18.2 Å². The molecule has 1 fully saturated rings. The standard InChI is InChI=1S/C26H37F.C13H16O/c1-7-11-20-12-14-21(23-17-19(9-3)13-15-25(23)27)22(18-20)24(10-4)26(5,6)16-8-2;1-10(14)9-13(12-7-8-12)11-5-3-2-4-6-11/h12-15,17-18,24H,7-11,16H2,1-6H3;2-6,12-13H,7-9H2,1H3. The number of hydrogen-bond donors (Lipinski definition) is 0. The first-order chi connectivity index (χ1) is 19.6. The summed E-state index contributed by atoms with van der Waals surface area (Å²) in [6.45, 7) is 15.3. The number of carbonyl (C=O) groups excluding carboxylic acids is 1. The fourth-order valence-corrected chi connectivity index (χ4v) is 6.67. The lowest BCUT2D eigenvalue weighted by Gasteiger charge is -2.36. The molecule has 2 atom stereocenters. The summed E-state index contributed by atoms with van der Waals surface area (Å²) >= 11 is 0. The molecule has 0 heterocycles. The summed E-state index contributed by atoms with van der Waals surface area (Å²) in [5.74, 6) is 1.87. The number of carbonyl (C=O) groups is 1. The number of benzene rings is 3. The van der Waals surface area contributed by atoms with Crippen molar-refractivity contribution in [3.05, 3.63) is 94.8 Å². The molecule has 0 bridgehead atoms. The molecule has 4 rings (SSSR count). The summed E-state index contributed by atoms with van der Waals surface area (Å²) in [5, 5.41) is 0. The van der Waals surface area contributed by atoms with E-state index >= 15 is 0 Å². The molecular formula is C39H53FO. The number of halogens is 1. The molecule has 1 aliphatic rings. The molecule has 222 valence electrons. The number of Topliss-reactive ketones (excluding diaryl/α,β-unsaturated/α-hetero) is 1. The van der Waals surface area contributed by atoms with Crippen LogP contribution in [0.5, 0.6) is 0 Å². The Morgan fingerprint density at radius 3 is 2.12 bits per heavy atom. The molecule has 1 nitrogen and oxygen atoms in total. The highest BCUT2D eigenvalue weighted by molar-refractivity contribution is 5.76. The maximum Gasteiger partial charge on any atom is 0.131 e. The van der Waals surface area contributed by atoms with Crippen LogP contribution >= 0.6 is 0 Å². The maximum absolute atomic E-state index is 14.8. The zero-order valence-corrected chi connectivity index (χ0v) is 26.7. The van der Waals surface area contributed by atoms with E-state index in [9.17, 15) is 9.18 Å². The van der Waals surface area contributed by atoms with Crippen LogP contribution < -0.4 is 0 Å². The third kappa shape index (κ3) is 9.12. The second kappa shape index (κ2) is 15.5. The van der Waals surface area contributed by atoms with Gasteiger partial charge in [-0.05, 0) is 109 Å². The normalized spacial score (nSPS) is 14.6. The molecule has 2 unspecified atom stereocenters.